The number of nitrogens with zero attached hydrogens (tertiary/aromatic N) is 3. The molecule has 1 fully saturated rings. The lowest BCUT2D eigenvalue weighted by Crippen LogP contribution is -2.49. The zero-order valence-electron chi connectivity index (χ0n) is 18.5. The van der Waals surface area contributed by atoms with Gasteiger partial charge >= 0.3 is 0 Å². The molecule has 0 saturated carbocycles. The van der Waals surface area contributed by atoms with E-state index in [1.807, 2.05) is 44.3 Å². The van der Waals surface area contributed by atoms with E-state index in [9.17, 15) is 4.79 Å². The van der Waals surface area contributed by atoms with Gasteiger partial charge in [-0.25, -0.2) is 4.98 Å². The first-order chi connectivity index (χ1) is 15.6. The first kappa shape index (κ1) is 20.4. The second-order valence-electron chi connectivity index (χ2n) is 8.48. The fourth-order valence-electron chi connectivity index (χ4n) is 4.66. The molecule has 1 amide bonds. The molecule has 1 saturated heterocycles. The molecule has 0 unspecified atom stereocenters. The van der Waals surface area contributed by atoms with E-state index in [4.69, 9.17) is 9.72 Å². The van der Waals surface area contributed by atoms with Gasteiger partial charge in [0.2, 0.25) is 5.91 Å². The second kappa shape index (κ2) is 8.54. The number of ether oxygens (including phenoxy) is 1. The van der Waals surface area contributed by atoms with E-state index in [1.54, 1.807) is 4.90 Å². The molecule has 2 aliphatic rings. The Bertz CT molecular complexity index is 1110. The minimum absolute atomic E-state index is 0.0365. The zero-order valence-corrected chi connectivity index (χ0v) is 18.5. The fraction of sp³-hybridized carbons (Fsp3) is 0.308. The Balaban J connectivity index is 1.26. The van der Waals surface area contributed by atoms with Gasteiger partial charge in [-0.1, -0.05) is 42.5 Å². The van der Waals surface area contributed by atoms with Crippen molar-refractivity contribution in [2.45, 2.75) is 39.0 Å². The first-order valence-corrected chi connectivity index (χ1v) is 11.2. The predicted octanol–water partition coefficient (Wildman–Crippen LogP) is 4.53. The predicted molar refractivity (Wildman–Crippen MR) is 127 cm³/mol. The Hall–Kier alpha value is -3.54. The van der Waals surface area contributed by atoms with Gasteiger partial charge in [-0.2, -0.15) is 0 Å². The highest BCUT2D eigenvalue weighted by Gasteiger charge is 2.40. The quantitative estimate of drug-likeness (QED) is 0.625. The molecule has 1 atom stereocenters. The van der Waals surface area contributed by atoms with Gasteiger partial charge in [0.25, 0.3) is 0 Å². The first-order valence-electron chi connectivity index (χ1n) is 11.2. The van der Waals surface area contributed by atoms with Crippen LogP contribution in [0.2, 0.25) is 0 Å². The third-order valence-corrected chi connectivity index (χ3v) is 6.31. The van der Waals surface area contributed by atoms with E-state index in [0.717, 1.165) is 59.1 Å². The van der Waals surface area contributed by atoms with Crippen molar-refractivity contribution in [3.05, 3.63) is 77.5 Å². The number of carbonyl (C=O) groups is 1. The van der Waals surface area contributed by atoms with Crippen molar-refractivity contribution in [2.24, 2.45) is 0 Å². The van der Waals surface area contributed by atoms with Crippen LogP contribution in [0.25, 0.3) is 0 Å². The topological polar surface area (TPSA) is 57.7 Å². The van der Waals surface area contributed by atoms with E-state index >= 15 is 0 Å². The molecule has 164 valence electrons. The molecule has 0 spiro atoms. The molecule has 3 heterocycles. The number of likely N-dealkylation sites (N-methyl/N-ethyl adjacent to an activating group) is 1. The number of pyridine rings is 1. The van der Waals surface area contributed by atoms with E-state index in [-0.39, 0.29) is 11.9 Å². The van der Waals surface area contributed by atoms with Crippen LogP contribution in [0.15, 0.2) is 60.7 Å². The molecule has 1 aromatic heterocycles. The summed E-state index contributed by atoms with van der Waals surface area (Å²) in [5.41, 5.74) is 5.21. The van der Waals surface area contributed by atoms with Crippen molar-refractivity contribution in [3.8, 4) is 5.75 Å². The van der Waals surface area contributed by atoms with Gasteiger partial charge in [0.05, 0.1) is 17.1 Å². The number of hydrogen-bond donors (Lipinski definition) is 1. The largest absolute Gasteiger partial charge is 0.489 e. The third kappa shape index (κ3) is 3.88. The highest BCUT2D eigenvalue weighted by Crippen LogP contribution is 2.42. The van der Waals surface area contributed by atoms with Gasteiger partial charge < -0.3 is 19.9 Å². The Morgan fingerprint density at radius 3 is 2.66 bits per heavy atom. The van der Waals surface area contributed by atoms with Crippen molar-refractivity contribution >= 4 is 23.1 Å². The number of rotatable bonds is 6. The lowest BCUT2D eigenvalue weighted by molar-refractivity contribution is -0.119. The molecular formula is C26H28N4O2. The van der Waals surface area contributed by atoms with Crippen molar-refractivity contribution < 1.29 is 9.53 Å². The highest BCUT2D eigenvalue weighted by molar-refractivity contribution is 6.06. The number of fused-ring (bicyclic) bond motifs is 3. The zero-order chi connectivity index (χ0) is 22.1. The highest BCUT2D eigenvalue weighted by atomic mass is 16.5. The van der Waals surface area contributed by atoms with Crippen LogP contribution in [0.4, 0.5) is 17.2 Å². The molecule has 2 aliphatic heterocycles. The summed E-state index contributed by atoms with van der Waals surface area (Å²) in [5, 5.41) is 3.45. The monoisotopic (exact) mass is 428 g/mol. The van der Waals surface area contributed by atoms with Gasteiger partial charge in [-0.05, 0) is 43.0 Å². The average molecular weight is 429 g/mol. The van der Waals surface area contributed by atoms with Crippen LogP contribution in [-0.4, -0.2) is 30.5 Å². The lowest BCUT2D eigenvalue weighted by atomic mass is 10.1. The Morgan fingerprint density at radius 1 is 1.09 bits per heavy atom. The standard InChI is InChI=1S/C26H28N4O2/c1-18-25-23(30-14-6-9-22(30)26(31)29(25)2)15-24(28-18)27-16-19-10-12-21(13-11-19)32-17-20-7-4-3-5-8-20/h3-5,7-8,10-13,15,22H,6,9,14,16-17H2,1-2H3,(H,27,28)/t22-/m0/s1. The number of anilines is 3. The fourth-order valence-corrected chi connectivity index (χ4v) is 4.66. The van der Waals surface area contributed by atoms with Crippen LogP contribution in [0.5, 0.6) is 5.75 Å². The van der Waals surface area contributed by atoms with E-state index in [0.29, 0.717) is 13.2 Å². The van der Waals surface area contributed by atoms with Crippen LogP contribution in [0, 0.1) is 6.92 Å². The van der Waals surface area contributed by atoms with Crippen LogP contribution in [0.3, 0.4) is 0 Å². The minimum Gasteiger partial charge on any atom is -0.489 e. The molecule has 6 nitrogen and oxygen atoms in total. The van der Waals surface area contributed by atoms with Gasteiger partial charge in [-0.15, -0.1) is 0 Å². The van der Waals surface area contributed by atoms with Crippen molar-refractivity contribution in [3.63, 3.8) is 0 Å². The summed E-state index contributed by atoms with van der Waals surface area (Å²) >= 11 is 0. The molecule has 2 aromatic carbocycles. The van der Waals surface area contributed by atoms with Crippen LogP contribution in [0.1, 0.15) is 29.7 Å². The summed E-state index contributed by atoms with van der Waals surface area (Å²) in [7, 11) is 1.86. The third-order valence-electron chi connectivity index (χ3n) is 6.31. The smallest absolute Gasteiger partial charge is 0.249 e. The molecule has 0 radical (unpaired) electrons. The maximum Gasteiger partial charge on any atom is 0.249 e. The maximum atomic E-state index is 12.7. The normalized spacial score (nSPS) is 17.2. The second-order valence-corrected chi connectivity index (χ2v) is 8.48. The Labute approximate surface area is 188 Å². The molecule has 0 bridgehead atoms. The van der Waals surface area contributed by atoms with Gasteiger partial charge in [0, 0.05) is 26.2 Å². The molecule has 1 N–H and O–H groups in total. The number of carbonyl (C=O) groups excluding carboxylic acids is 1. The number of nitrogens with one attached hydrogen (secondary N) is 1. The van der Waals surface area contributed by atoms with E-state index < -0.39 is 0 Å². The van der Waals surface area contributed by atoms with Gasteiger partial charge in [0.15, 0.2) is 0 Å². The summed E-state index contributed by atoms with van der Waals surface area (Å²) in [6, 6.07) is 20.4. The number of aryl methyl sites for hydroxylation is 1. The van der Waals surface area contributed by atoms with E-state index in [2.05, 4.69) is 40.5 Å². The molecule has 5 rings (SSSR count). The summed E-state index contributed by atoms with van der Waals surface area (Å²) in [5.74, 6) is 1.86. The Morgan fingerprint density at radius 2 is 1.88 bits per heavy atom. The lowest BCUT2D eigenvalue weighted by Gasteiger charge is -2.38. The molecule has 0 aliphatic carbocycles. The number of amides is 1. The maximum absolute atomic E-state index is 12.7. The molecule has 3 aromatic rings. The number of hydrogen-bond acceptors (Lipinski definition) is 5. The van der Waals surface area contributed by atoms with E-state index in [1.165, 1.54) is 0 Å². The van der Waals surface area contributed by atoms with Crippen LogP contribution in [-0.2, 0) is 17.9 Å². The summed E-state index contributed by atoms with van der Waals surface area (Å²) in [4.78, 5) is 21.5. The van der Waals surface area contributed by atoms with Crippen LogP contribution >= 0.6 is 0 Å². The van der Waals surface area contributed by atoms with Crippen molar-refractivity contribution in [2.75, 3.05) is 28.7 Å². The number of aromatic nitrogens is 1. The summed E-state index contributed by atoms with van der Waals surface area (Å²) in [6.45, 7) is 4.13. The van der Waals surface area contributed by atoms with Crippen molar-refractivity contribution in [1.82, 2.24) is 4.98 Å². The van der Waals surface area contributed by atoms with Gasteiger partial charge in [-0.3, -0.25) is 4.79 Å². The van der Waals surface area contributed by atoms with Crippen molar-refractivity contribution in [1.29, 1.82) is 0 Å². The number of benzene rings is 2. The summed E-state index contributed by atoms with van der Waals surface area (Å²) in [6.07, 6.45) is 1.97. The SMILES string of the molecule is Cc1nc(NCc2ccc(OCc3ccccc3)cc2)cc2c1N(C)C(=O)[C@@H]1CCCN21. The molecule has 32 heavy (non-hydrogen) atoms. The Kier molecular flexibility index (Phi) is 5.43. The van der Waals surface area contributed by atoms with Gasteiger partial charge in [0.1, 0.15) is 24.2 Å². The summed E-state index contributed by atoms with van der Waals surface area (Å²) < 4.78 is 5.88. The molecular weight excluding hydrogens is 400 g/mol. The average Bonchev–Trinajstić information content (AvgIpc) is 3.31. The van der Waals surface area contributed by atoms with Crippen LogP contribution < -0.4 is 19.9 Å². The molecule has 6 heteroatoms. The minimum atomic E-state index is -0.0365.